The Morgan fingerprint density at radius 3 is 2.75 bits per heavy atom. The number of rotatable bonds is 1. The predicted molar refractivity (Wildman–Crippen MR) is 43.3 cm³/mol. The number of hydrogen-bond acceptors (Lipinski definition) is 1. The van der Waals surface area contributed by atoms with E-state index in [0.29, 0.717) is 19.0 Å². The van der Waals surface area contributed by atoms with E-state index < -0.39 is 5.92 Å². The van der Waals surface area contributed by atoms with E-state index in [-0.39, 0.29) is 5.92 Å². The molecule has 2 aliphatic heterocycles. The Morgan fingerprint density at radius 2 is 2.17 bits per heavy atom. The summed E-state index contributed by atoms with van der Waals surface area (Å²) in [6.45, 7) is 2.71. The van der Waals surface area contributed by atoms with Crippen molar-refractivity contribution in [3.8, 4) is 0 Å². The van der Waals surface area contributed by atoms with Crippen LogP contribution in [0.3, 0.4) is 0 Å². The third-order valence-electron chi connectivity index (χ3n) is 3.23. The zero-order chi connectivity index (χ0) is 8.77. The van der Waals surface area contributed by atoms with Crippen molar-refractivity contribution in [1.82, 2.24) is 4.90 Å². The molecular formula is C9H15F2N. The van der Waals surface area contributed by atoms with Crippen LogP contribution in [0.25, 0.3) is 0 Å². The molecule has 70 valence electrons. The van der Waals surface area contributed by atoms with Gasteiger partial charge in [-0.2, -0.15) is 0 Å². The van der Waals surface area contributed by atoms with Crippen LogP contribution in [0.2, 0.25) is 0 Å². The first-order valence-corrected chi connectivity index (χ1v) is 4.69. The first-order valence-electron chi connectivity index (χ1n) is 4.69. The molecule has 2 saturated heterocycles. The van der Waals surface area contributed by atoms with Crippen LogP contribution in [0.15, 0.2) is 0 Å². The molecule has 0 aromatic carbocycles. The predicted octanol–water partition coefficient (Wildman–Crippen LogP) is 2.13. The Morgan fingerprint density at radius 1 is 1.42 bits per heavy atom. The summed E-state index contributed by atoms with van der Waals surface area (Å²) in [6, 6.07) is 0.473. The van der Waals surface area contributed by atoms with Gasteiger partial charge in [-0.3, -0.25) is 4.90 Å². The van der Waals surface area contributed by atoms with Crippen molar-refractivity contribution < 1.29 is 8.78 Å². The Balaban J connectivity index is 1.99. The van der Waals surface area contributed by atoms with Gasteiger partial charge in [0.2, 0.25) is 5.92 Å². The minimum absolute atomic E-state index is 0.386. The topological polar surface area (TPSA) is 3.24 Å². The second kappa shape index (κ2) is 2.66. The highest BCUT2D eigenvalue weighted by atomic mass is 19.3. The minimum Gasteiger partial charge on any atom is -0.300 e. The molecule has 3 heteroatoms. The minimum atomic E-state index is -2.47. The number of halogens is 2. The van der Waals surface area contributed by atoms with E-state index in [9.17, 15) is 8.78 Å². The first kappa shape index (κ1) is 8.42. The van der Waals surface area contributed by atoms with Gasteiger partial charge in [0.25, 0.3) is 0 Å². The summed E-state index contributed by atoms with van der Waals surface area (Å²) < 4.78 is 25.8. The standard InChI is InChI=1S/C9H15F2N/c1-9(10,11)7-5-8-3-2-4-12(8)6-7/h7-8H,2-6H2,1H3. The molecule has 2 unspecified atom stereocenters. The van der Waals surface area contributed by atoms with E-state index in [0.717, 1.165) is 19.9 Å². The molecule has 0 saturated carbocycles. The maximum Gasteiger partial charge on any atom is 0.249 e. The van der Waals surface area contributed by atoms with Gasteiger partial charge in [-0.1, -0.05) is 0 Å². The fraction of sp³-hybridized carbons (Fsp3) is 1.00. The van der Waals surface area contributed by atoms with Crippen LogP contribution in [-0.4, -0.2) is 30.0 Å². The van der Waals surface area contributed by atoms with Gasteiger partial charge < -0.3 is 0 Å². The molecule has 1 nitrogen and oxygen atoms in total. The molecule has 0 aliphatic carbocycles. The first-order chi connectivity index (χ1) is 5.57. The number of fused-ring (bicyclic) bond motifs is 1. The average Bonchev–Trinajstić information content (AvgIpc) is 2.37. The van der Waals surface area contributed by atoms with Crippen LogP contribution < -0.4 is 0 Å². The molecule has 12 heavy (non-hydrogen) atoms. The third-order valence-corrected chi connectivity index (χ3v) is 3.23. The van der Waals surface area contributed by atoms with Crippen molar-refractivity contribution in [1.29, 1.82) is 0 Å². The Labute approximate surface area is 71.7 Å². The summed E-state index contributed by atoms with van der Waals surface area (Å²) in [4.78, 5) is 2.22. The van der Waals surface area contributed by atoms with Crippen molar-refractivity contribution in [2.45, 2.75) is 38.2 Å². The van der Waals surface area contributed by atoms with Gasteiger partial charge in [0.05, 0.1) is 0 Å². The highest BCUT2D eigenvalue weighted by Crippen LogP contribution is 2.38. The summed E-state index contributed by atoms with van der Waals surface area (Å²) in [5.41, 5.74) is 0. The summed E-state index contributed by atoms with van der Waals surface area (Å²) in [5, 5.41) is 0. The molecule has 2 rings (SSSR count). The van der Waals surface area contributed by atoms with Crippen molar-refractivity contribution in [2.24, 2.45) is 5.92 Å². The second-order valence-electron chi connectivity index (χ2n) is 4.18. The number of nitrogens with zero attached hydrogens (tertiary/aromatic N) is 1. The fourth-order valence-electron chi connectivity index (χ4n) is 2.46. The highest BCUT2D eigenvalue weighted by molar-refractivity contribution is 4.93. The Hall–Kier alpha value is -0.180. The molecule has 0 bridgehead atoms. The summed E-state index contributed by atoms with van der Waals surface area (Å²) in [7, 11) is 0. The molecule has 0 amide bonds. The smallest absolute Gasteiger partial charge is 0.249 e. The van der Waals surface area contributed by atoms with Gasteiger partial charge >= 0.3 is 0 Å². The van der Waals surface area contributed by atoms with Gasteiger partial charge in [-0.15, -0.1) is 0 Å². The van der Waals surface area contributed by atoms with E-state index in [1.807, 2.05) is 0 Å². The zero-order valence-electron chi connectivity index (χ0n) is 7.39. The van der Waals surface area contributed by atoms with Crippen molar-refractivity contribution >= 4 is 0 Å². The quantitative estimate of drug-likeness (QED) is 0.590. The third kappa shape index (κ3) is 1.35. The molecule has 2 atom stereocenters. The van der Waals surface area contributed by atoms with E-state index in [2.05, 4.69) is 4.90 Å². The van der Waals surface area contributed by atoms with Crippen LogP contribution in [0.1, 0.15) is 26.2 Å². The lowest BCUT2D eigenvalue weighted by atomic mass is 9.98. The molecule has 0 aromatic heterocycles. The van der Waals surface area contributed by atoms with Crippen LogP contribution in [0.4, 0.5) is 8.78 Å². The van der Waals surface area contributed by atoms with E-state index >= 15 is 0 Å². The van der Waals surface area contributed by atoms with Crippen molar-refractivity contribution in [3.63, 3.8) is 0 Å². The van der Waals surface area contributed by atoms with Gasteiger partial charge in [-0.05, 0) is 32.7 Å². The molecule has 0 spiro atoms. The maximum atomic E-state index is 12.9. The van der Waals surface area contributed by atoms with Crippen molar-refractivity contribution in [3.05, 3.63) is 0 Å². The number of alkyl halides is 2. The molecule has 0 aromatic rings. The molecule has 2 heterocycles. The fourth-order valence-corrected chi connectivity index (χ4v) is 2.46. The average molecular weight is 175 g/mol. The van der Waals surface area contributed by atoms with Gasteiger partial charge in [0, 0.05) is 18.5 Å². The van der Waals surface area contributed by atoms with Crippen molar-refractivity contribution in [2.75, 3.05) is 13.1 Å². The monoisotopic (exact) mass is 175 g/mol. The summed E-state index contributed by atoms with van der Waals surface area (Å²) in [6.07, 6.45) is 3.04. The summed E-state index contributed by atoms with van der Waals surface area (Å²) >= 11 is 0. The van der Waals surface area contributed by atoms with Gasteiger partial charge in [0.1, 0.15) is 0 Å². The van der Waals surface area contributed by atoms with Crippen LogP contribution in [0.5, 0.6) is 0 Å². The highest BCUT2D eigenvalue weighted by Gasteiger charge is 2.44. The van der Waals surface area contributed by atoms with Crippen LogP contribution >= 0.6 is 0 Å². The van der Waals surface area contributed by atoms with Gasteiger partial charge in [-0.25, -0.2) is 8.78 Å². The lowest BCUT2D eigenvalue weighted by Crippen LogP contribution is -2.28. The second-order valence-corrected chi connectivity index (χ2v) is 4.18. The van der Waals surface area contributed by atoms with Crippen LogP contribution in [-0.2, 0) is 0 Å². The Kier molecular flexibility index (Phi) is 1.86. The zero-order valence-corrected chi connectivity index (χ0v) is 7.39. The Bertz CT molecular complexity index is 164. The molecule has 2 fully saturated rings. The molecule has 2 aliphatic rings. The van der Waals surface area contributed by atoms with E-state index in [1.54, 1.807) is 0 Å². The molecule has 0 N–H and O–H groups in total. The maximum absolute atomic E-state index is 12.9. The van der Waals surface area contributed by atoms with E-state index in [1.165, 1.54) is 6.42 Å². The molecular weight excluding hydrogens is 160 g/mol. The lowest BCUT2D eigenvalue weighted by molar-refractivity contribution is -0.0356. The lowest BCUT2D eigenvalue weighted by Gasteiger charge is -2.18. The van der Waals surface area contributed by atoms with Gasteiger partial charge in [0.15, 0.2) is 0 Å². The summed E-state index contributed by atoms with van der Waals surface area (Å²) in [5.74, 6) is -2.85. The normalized spacial score (nSPS) is 37.2. The largest absolute Gasteiger partial charge is 0.300 e. The SMILES string of the molecule is CC(F)(F)C1CC2CCCN2C1. The number of hydrogen-bond donors (Lipinski definition) is 0. The van der Waals surface area contributed by atoms with E-state index in [4.69, 9.17) is 0 Å². The molecule has 0 radical (unpaired) electrons. The van der Waals surface area contributed by atoms with Crippen LogP contribution in [0, 0.1) is 5.92 Å².